The average molecular weight is 351 g/mol. The van der Waals surface area contributed by atoms with E-state index < -0.39 is 0 Å². The molecule has 0 aliphatic heterocycles. The number of rotatable bonds is 6. The van der Waals surface area contributed by atoms with Crippen LogP contribution in [-0.4, -0.2) is 43.9 Å². The summed E-state index contributed by atoms with van der Waals surface area (Å²) >= 11 is 0. The quantitative estimate of drug-likeness (QED) is 0.871. The predicted molar refractivity (Wildman–Crippen MR) is 103 cm³/mol. The van der Waals surface area contributed by atoms with E-state index >= 15 is 0 Å². The Morgan fingerprint density at radius 3 is 2.04 bits per heavy atom. The van der Waals surface area contributed by atoms with E-state index in [2.05, 4.69) is 5.32 Å². The minimum atomic E-state index is -0.104. The zero-order chi connectivity index (χ0) is 18.7. The highest BCUT2D eigenvalue weighted by Crippen LogP contribution is 2.30. The van der Waals surface area contributed by atoms with Gasteiger partial charge in [0.2, 0.25) is 0 Å². The van der Waals surface area contributed by atoms with Gasteiger partial charge in [-0.25, -0.2) is 0 Å². The molecule has 1 N–H and O–H groups in total. The van der Waals surface area contributed by atoms with E-state index in [1.54, 1.807) is 19.2 Å². The largest absolute Gasteiger partial charge is 0.378 e. The summed E-state index contributed by atoms with van der Waals surface area (Å²) in [4.78, 5) is 28.6. The molecule has 136 valence electrons. The first-order valence-electron chi connectivity index (χ1n) is 8.89. The summed E-state index contributed by atoms with van der Waals surface area (Å²) in [6, 6.07) is 15.5. The normalized spacial score (nSPS) is 13.2. The SMILES string of the molecule is CNC(=O)c1ccc(CN(C(=O)c2ccc(N(C)C)cc2)C2CC2)cc1. The smallest absolute Gasteiger partial charge is 0.254 e. The Morgan fingerprint density at radius 1 is 0.962 bits per heavy atom. The molecule has 0 aromatic heterocycles. The minimum Gasteiger partial charge on any atom is -0.378 e. The summed E-state index contributed by atoms with van der Waals surface area (Å²) in [5.41, 5.74) is 3.44. The Bertz CT molecular complexity index is 778. The highest BCUT2D eigenvalue weighted by atomic mass is 16.2. The Balaban J connectivity index is 1.74. The number of benzene rings is 2. The molecular formula is C21H25N3O2. The van der Waals surface area contributed by atoms with Crippen LogP contribution in [0, 0.1) is 0 Å². The van der Waals surface area contributed by atoms with Crippen LogP contribution in [0.5, 0.6) is 0 Å². The second-order valence-corrected chi connectivity index (χ2v) is 6.88. The van der Waals surface area contributed by atoms with Crippen LogP contribution in [0.25, 0.3) is 0 Å². The third-order valence-corrected chi connectivity index (χ3v) is 4.68. The fourth-order valence-electron chi connectivity index (χ4n) is 2.92. The third-order valence-electron chi connectivity index (χ3n) is 4.68. The highest BCUT2D eigenvalue weighted by molar-refractivity contribution is 5.95. The fourth-order valence-corrected chi connectivity index (χ4v) is 2.92. The van der Waals surface area contributed by atoms with Gasteiger partial charge in [0, 0.05) is 50.5 Å². The van der Waals surface area contributed by atoms with Gasteiger partial charge in [-0.05, 0) is 54.8 Å². The molecule has 2 aromatic carbocycles. The van der Waals surface area contributed by atoms with Crippen molar-refractivity contribution in [3.05, 3.63) is 65.2 Å². The number of amides is 2. The molecule has 0 spiro atoms. The highest BCUT2D eigenvalue weighted by Gasteiger charge is 2.33. The van der Waals surface area contributed by atoms with E-state index in [4.69, 9.17) is 0 Å². The molecule has 5 heteroatoms. The molecule has 3 rings (SSSR count). The van der Waals surface area contributed by atoms with Crippen molar-refractivity contribution in [2.24, 2.45) is 0 Å². The van der Waals surface area contributed by atoms with Gasteiger partial charge >= 0.3 is 0 Å². The van der Waals surface area contributed by atoms with Crippen LogP contribution in [-0.2, 0) is 6.54 Å². The molecule has 2 aromatic rings. The van der Waals surface area contributed by atoms with Crippen LogP contribution in [0.4, 0.5) is 5.69 Å². The molecule has 0 atom stereocenters. The van der Waals surface area contributed by atoms with Crippen LogP contribution >= 0.6 is 0 Å². The lowest BCUT2D eigenvalue weighted by Gasteiger charge is -2.23. The van der Waals surface area contributed by atoms with Crippen molar-refractivity contribution in [2.75, 3.05) is 26.0 Å². The molecule has 1 aliphatic rings. The number of hydrogen-bond acceptors (Lipinski definition) is 3. The molecule has 1 aliphatic carbocycles. The van der Waals surface area contributed by atoms with Crippen LogP contribution in [0.2, 0.25) is 0 Å². The molecule has 1 saturated carbocycles. The van der Waals surface area contributed by atoms with Gasteiger partial charge in [-0.3, -0.25) is 9.59 Å². The Morgan fingerprint density at radius 2 is 1.54 bits per heavy atom. The van der Waals surface area contributed by atoms with Crippen LogP contribution in [0.3, 0.4) is 0 Å². The lowest BCUT2D eigenvalue weighted by atomic mass is 10.1. The van der Waals surface area contributed by atoms with Crippen LogP contribution in [0.15, 0.2) is 48.5 Å². The number of hydrogen-bond donors (Lipinski definition) is 1. The van der Waals surface area contributed by atoms with Gasteiger partial charge in [0.05, 0.1) is 0 Å². The number of anilines is 1. The maximum Gasteiger partial charge on any atom is 0.254 e. The lowest BCUT2D eigenvalue weighted by molar-refractivity contribution is 0.0729. The summed E-state index contributed by atoms with van der Waals surface area (Å²) in [6.45, 7) is 0.562. The number of carbonyl (C=O) groups is 2. The van der Waals surface area contributed by atoms with E-state index in [1.807, 2.05) is 60.3 Å². The topological polar surface area (TPSA) is 52.7 Å². The molecule has 1 fully saturated rings. The maximum atomic E-state index is 13.0. The van der Waals surface area contributed by atoms with Gasteiger partial charge in [0.15, 0.2) is 0 Å². The summed E-state index contributed by atoms with van der Waals surface area (Å²) in [5.74, 6) is -0.0409. The second-order valence-electron chi connectivity index (χ2n) is 6.88. The lowest BCUT2D eigenvalue weighted by Crippen LogP contribution is -2.32. The maximum absolute atomic E-state index is 13.0. The van der Waals surface area contributed by atoms with Gasteiger partial charge < -0.3 is 15.1 Å². The van der Waals surface area contributed by atoms with Crippen LogP contribution < -0.4 is 10.2 Å². The minimum absolute atomic E-state index is 0.0631. The van der Waals surface area contributed by atoms with Crippen molar-refractivity contribution >= 4 is 17.5 Å². The van der Waals surface area contributed by atoms with Gasteiger partial charge in [-0.1, -0.05) is 12.1 Å². The standard InChI is InChI=1S/C21H25N3O2/c1-22-20(25)16-6-4-15(5-7-16)14-24(19-12-13-19)21(26)17-8-10-18(11-9-17)23(2)3/h4-11,19H,12-14H2,1-3H3,(H,22,25). The number of nitrogens with zero attached hydrogens (tertiary/aromatic N) is 2. The van der Waals surface area contributed by atoms with Gasteiger partial charge in [0.1, 0.15) is 0 Å². The van der Waals surface area contributed by atoms with Crippen molar-refractivity contribution in [3.63, 3.8) is 0 Å². The summed E-state index contributed by atoms with van der Waals surface area (Å²) in [7, 11) is 5.58. The van der Waals surface area contributed by atoms with Crippen molar-refractivity contribution in [1.82, 2.24) is 10.2 Å². The molecule has 0 unspecified atom stereocenters. The van der Waals surface area contributed by atoms with Crippen molar-refractivity contribution < 1.29 is 9.59 Å². The van der Waals surface area contributed by atoms with E-state index in [-0.39, 0.29) is 11.8 Å². The summed E-state index contributed by atoms with van der Waals surface area (Å²) in [5, 5.41) is 2.61. The molecule has 0 saturated heterocycles. The predicted octanol–water partition coefficient (Wildman–Crippen LogP) is 2.92. The number of carbonyl (C=O) groups excluding carboxylic acids is 2. The molecular weight excluding hydrogens is 326 g/mol. The summed E-state index contributed by atoms with van der Waals surface area (Å²) < 4.78 is 0. The monoisotopic (exact) mass is 351 g/mol. The van der Waals surface area contributed by atoms with Gasteiger partial charge in [0.25, 0.3) is 11.8 Å². The van der Waals surface area contributed by atoms with Gasteiger partial charge in [-0.15, -0.1) is 0 Å². The number of nitrogens with one attached hydrogen (secondary N) is 1. The average Bonchev–Trinajstić information content (AvgIpc) is 3.50. The van der Waals surface area contributed by atoms with Crippen LogP contribution in [0.1, 0.15) is 39.1 Å². The second kappa shape index (κ2) is 7.60. The molecule has 26 heavy (non-hydrogen) atoms. The van der Waals surface area contributed by atoms with E-state index in [0.717, 1.165) is 24.1 Å². The van der Waals surface area contributed by atoms with E-state index in [0.29, 0.717) is 23.7 Å². The third kappa shape index (κ3) is 4.04. The van der Waals surface area contributed by atoms with Crippen molar-refractivity contribution in [1.29, 1.82) is 0 Å². The van der Waals surface area contributed by atoms with Crippen molar-refractivity contribution in [3.8, 4) is 0 Å². The van der Waals surface area contributed by atoms with E-state index in [9.17, 15) is 9.59 Å². The van der Waals surface area contributed by atoms with Gasteiger partial charge in [-0.2, -0.15) is 0 Å². The fraction of sp³-hybridized carbons (Fsp3) is 0.333. The summed E-state index contributed by atoms with van der Waals surface area (Å²) in [6.07, 6.45) is 2.11. The van der Waals surface area contributed by atoms with Crippen molar-refractivity contribution in [2.45, 2.75) is 25.4 Å². The molecule has 2 amide bonds. The molecule has 0 heterocycles. The Labute approximate surface area is 154 Å². The first-order chi connectivity index (χ1) is 12.5. The first-order valence-corrected chi connectivity index (χ1v) is 8.89. The zero-order valence-electron chi connectivity index (χ0n) is 15.5. The first kappa shape index (κ1) is 18.0. The Hall–Kier alpha value is -2.82. The zero-order valence-corrected chi connectivity index (χ0v) is 15.5. The molecule has 0 bridgehead atoms. The molecule has 0 radical (unpaired) electrons. The molecule has 5 nitrogen and oxygen atoms in total. The van der Waals surface area contributed by atoms with E-state index in [1.165, 1.54) is 0 Å². The Kier molecular flexibility index (Phi) is 5.26.